The molecule has 2 aromatic carbocycles. The highest BCUT2D eigenvalue weighted by molar-refractivity contribution is 9.11. The molecule has 0 aromatic heterocycles. The molecule has 2 aromatic rings. The largest absolute Gasteiger partial charge is 0.492 e. The Bertz CT molecular complexity index is 623. The summed E-state index contributed by atoms with van der Waals surface area (Å²) in [6.07, 6.45) is 0. The molecule has 0 aliphatic heterocycles. The fourth-order valence-electron chi connectivity index (χ4n) is 1.96. The number of aryl methyl sites for hydroxylation is 1. The minimum atomic E-state index is -0.237. The van der Waals surface area contributed by atoms with Crippen LogP contribution in [0.3, 0.4) is 0 Å². The summed E-state index contributed by atoms with van der Waals surface area (Å²) >= 11 is 6.98. The lowest BCUT2D eigenvalue weighted by Crippen LogP contribution is -2.02. The molecule has 0 radical (unpaired) electrons. The third kappa shape index (κ3) is 4.20. The van der Waals surface area contributed by atoms with E-state index in [2.05, 4.69) is 37.2 Å². The van der Waals surface area contributed by atoms with E-state index in [1.807, 2.05) is 32.0 Å². The van der Waals surface area contributed by atoms with Crippen molar-refractivity contribution in [3.05, 3.63) is 56.2 Å². The van der Waals surface area contributed by atoms with Gasteiger partial charge in [0.05, 0.1) is 21.2 Å². The number of halogens is 3. The SMILES string of the molecule is CCOc1c(Br)cc(CNc2ccc(C)cc2F)cc1Br. The van der Waals surface area contributed by atoms with Crippen molar-refractivity contribution in [2.24, 2.45) is 0 Å². The first-order valence-corrected chi connectivity index (χ1v) is 8.20. The van der Waals surface area contributed by atoms with Gasteiger partial charge in [-0.15, -0.1) is 0 Å². The summed E-state index contributed by atoms with van der Waals surface area (Å²) in [5.74, 6) is 0.543. The number of ether oxygens (including phenoxy) is 1. The summed E-state index contributed by atoms with van der Waals surface area (Å²) in [7, 11) is 0. The van der Waals surface area contributed by atoms with Gasteiger partial charge in [0.1, 0.15) is 11.6 Å². The normalized spacial score (nSPS) is 10.5. The number of anilines is 1. The van der Waals surface area contributed by atoms with Gasteiger partial charge in [0.2, 0.25) is 0 Å². The molecule has 0 saturated heterocycles. The quantitative estimate of drug-likeness (QED) is 0.677. The first-order chi connectivity index (χ1) is 10.0. The van der Waals surface area contributed by atoms with Crippen LogP contribution in [-0.2, 0) is 6.54 Å². The van der Waals surface area contributed by atoms with Gasteiger partial charge in [-0.05, 0) is 81.1 Å². The summed E-state index contributed by atoms with van der Waals surface area (Å²) in [6.45, 7) is 4.94. The first-order valence-electron chi connectivity index (χ1n) is 6.62. The maximum absolute atomic E-state index is 13.8. The molecule has 2 rings (SSSR count). The van der Waals surface area contributed by atoms with E-state index in [1.54, 1.807) is 6.07 Å². The Kier molecular flexibility index (Phi) is 5.65. The highest BCUT2D eigenvalue weighted by Gasteiger charge is 2.09. The second-order valence-corrected chi connectivity index (χ2v) is 6.37. The van der Waals surface area contributed by atoms with Crippen molar-refractivity contribution in [3.63, 3.8) is 0 Å². The topological polar surface area (TPSA) is 21.3 Å². The number of benzene rings is 2. The lowest BCUT2D eigenvalue weighted by Gasteiger charge is -2.12. The molecule has 21 heavy (non-hydrogen) atoms. The van der Waals surface area contributed by atoms with Gasteiger partial charge in [-0.3, -0.25) is 0 Å². The van der Waals surface area contributed by atoms with Crippen LogP contribution in [0.5, 0.6) is 5.75 Å². The maximum atomic E-state index is 13.8. The molecule has 0 atom stereocenters. The molecule has 0 aliphatic rings. The van der Waals surface area contributed by atoms with E-state index in [0.717, 1.165) is 25.8 Å². The summed E-state index contributed by atoms with van der Waals surface area (Å²) in [5, 5.41) is 3.10. The summed E-state index contributed by atoms with van der Waals surface area (Å²) in [4.78, 5) is 0. The number of rotatable bonds is 5. The number of nitrogens with one attached hydrogen (secondary N) is 1. The summed E-state index contributed by atoms with van der Waals surface area (Å²) in [6, 6.07) is 9.09. The van der Waals surface area contributed by atoms with Crippen LogP contribution in [0.1, 0.15) is 18.1 Å². The van der Waals surface area contributed by atoms with Crippen LogP contribution in [-0.4, -0.2) is 6.61 Å². The average molecular weight is 417 g/mol. The molecule has 1 N–H and O–H groups in total. The molecule has 0 aliphatic carbocycles. The molecule has 0 fully saturated rings. The van der Waals surface area contributed by atoms with E-state index in [4.69, 9.17) is 4.74 Å². The minimum Gasteiger partial charge on any atom is -0.492 e. The second-order valence-electron chi connectivity index (χ2n) is 4.66. The van der Waals surface area contributed by atoms with Crippen LogP contribution >= 0.6 is 31.9 Å². The zero-order valence-electron chi connectivity index (χ0n) is 11.8. The van der Waals surface area contributed by atoms with Crippen molar-refractivity contribution in [1.82, 2.24) is 0 Å². The monoisotopic (exact) mass is 415 g/mol. The van der Waals surface area contributed by atoms with Crippen molar-refractivity contribution < 1.29 is 9.13 Å². The molecule has 0 heterocycles. The summed E-state index contributed by atoms with van der Waals surface area (Å²) < 4.78 is 21.1. The Balaban J connectivity index is 2.13. The molecule has 5 heteroatoms. The predicted octanol–water partition coefficient (Wildman–Crippen LogP) is 5.67. The van der Waals surface area contributed by atoms with E-state index in [1.165, 1.54) is 6.07 Å². The fraction of sp³-hybridized carbons (Fsp3) is 0.250. The average Bonchev–Trinajstić information content (AvgIpc) is 2.42. The van der Waals surface area contributed by atoms with Gasteiger partial charge in [0, 0.05) is 6.54 Å². The number of hydrogen-bond donors (Lipinski definition) is 1. The van der Waals surface area contributed by atoms with Crippen LogP contribution in [0, 0.1) is 12.7 Å². The van der Waals surface area contributed by atoms with E-state index >= 15 is 0 Å². The molecule has 112 valence electrons. The van der Waals surface area contributed by atoms with E-state index in [9.17, 15) is 4.39 Å². The van der Waals surface area contributed by atoms with Gasteiger partial charge in [0.15, 0.2) is 0 Å². The Morgan fingerprint density at radius 1 is 1.14 bits per heavy atom. The zero-order chi connectivity index (χ0) is 15.4. The Morgan fingerprint density at radius 3 is 2.38 bits per heavy atom. The van der Waals surface area contributed by atoms with Crippen molar-refractivity contribution in [1.29, 1.82) is 0 Å². The standard InChI is InChI=1S/C16H16Br2FNO/c1-3-21-16-12(17)7-11(8-13(16)18)9-20-15-5-4-10(2)6-14(15)19/h4-8,20H,3,9H2,1-2H3. The molecule has 0 amide bonds. The highest BCUT2D eigenvalue weighted by atomic mass is 79.9. The Labute approximate surface area is 141 Å². The molecule has 0 unspecified atom stereocenters. The van der Waals surface area contributed by atoms with E-state index < -0.39 is 0 Å². The lowest BCUT2D eigenvalue weighted by molar-refractivity contribution is 0.336. The molecular weight excluding hydrogens is 401 g/mol. The van der Waals surface area contributed by atoms with Gasteiger partial charge in [-0.2, -0.15) is 0 Å². The Morgan fingerprint density at radius 2 is 1.81 bits per heavy atom. The smallest absolute Gasteiger partial charge is 0.147 e. The zero-order valence-corrected chi connectivity index (χ0v) is 15.0. The summed E-state index contributed by atoms with van der Waals surface area (Å²) in [5.41, 5.74) is 2.43. The van der Waals surface area contributed by atoms with E-state index in [-0.39, 0.29) is 5.82 Å². The van der Waals surface area contributed by atoms with Crippen LogP contribution < -0.4 is 10.1 Å². The number of hydrogen-bond acceptors (Lipinski definition) is 2. The minimum absolute atomic E-state index is 0.237. The molecule has 2 nitrogen and oxygen atoms in total. The van der Waals surface area contributed by atoms with Gasteiger partial charge >= 0.3 is 0 Å². The van der Waals surface area contributed by atoms with Crippen molar-refractivity contribution >= 4 is 37.5 Å². The van der Waals surface area contributed by atoms with Gasteiger partial charge < -0.3 is 10.1 Å². The third-order valence-corrected chi connectivity index (χ3v) is 4.13. The molecular formula is C16H16Br2FNO. The van der Waals surface area contributed by atoms with Crippen LogP contribution in [0.2, 0.25) is 0 Å². The fourth-order valence-corrected chi connectivity index (χ4v) is 3.47. The Hall–Kier alpha value is -1.07. The third-order valence-electron chi connectivity index (χ3n) is 2.95. The predicted molar refractivity (Wildman–Crippen MR) is 91.5 cm³/mol. The van der Waals surface area contributed by atoms with Gasteiger partial charge in [-0.25, -0.2) is 4.39 Å². The van der Waals surface area contributed by atoms with Crippen LogP contribution in [0.25, 0.3) is 0 Å². The lowest BCUT2D eigenvalue weighted by atomic mass is 10.2. The van der Waals surface area contributed by atoms with Gasteiger partial charge in [-0.1, -0.05) is 6.07 Å². The molecule has 0 saturated carbocycles. The van der Waals surface area contributed by atoms with Crippen molar-refractivity contribution in [3.8, 4) is 5.75 Å². The van der Waals surface area contributed by atoms with E-state index in [0.29, 0.717) is 18.8 Å². The van der Waals surface area contributed by atoms with Crippen molar-refractivity contribution in [2.75, 3.05) is 11.9 Å². The second kappa shape index (κ2) is 7.27. The highest BCUT2D eigenvalue weighted by Crippen LogP contribution is 2.35. The molecule has 0 bridgehead atoms. The van der Waals surface area contributed by atoms with Crippen molar-refractivity contribution in [2.45, 2.75) is 20.4 Å². The van der Waals surface area contributed by atoms with Crippen LogP contribution in [0.4, 0.5) is 10.1 Å². The first kappa shape index (κ1) is 16.3. The maximum Gasteiger partial charge on any atom is 0.147 e. The van der Waals surface area contributed by atoms with Gasteiger partial charge in [0.25, 0.3) is 0 Å². The molecule has 0 spiro atoms. The van der Waals surface area contributed by atoms with Crippen LogP contribution in [0.15, 0.2) is 39.3 Å².